The number of hydrogen-bond acceptors (Lipinski definition) is 4. The Kier molecular flexibility index (Phi) is 4.32. The van der Waals surface area contributed by atoms with E-state index in [1.165, 1.54) is 0 Å². The number of H-pyrrole nitrogens is 1. The zero-order chi connectivity index (χ0) is 19.0. The molecule has 1 aromatic heterocycles. The highest BCUT2D eigenvalue weighted by Gasteiger charge is 2.32. The molecule has 0 spiro atoms. The normalized spacial score (nSPS) is 14.6. The summed E-state index contributed by atoms with van der Waals surface area (Å²) in [6, 6.07) is 15.3. The largest absolute Gasteiger partial charge is 0.509 e. The SMILES string of the molecule is CC(C)COc1ccccc1N1CC(O)=C(c2nc3ccccc3[nH]2)C1=N. The third kappa shape index (κ3) is 3.14. The second kappa shape index (κ2) is 6.79. The summed E-state index contributed by atoms with van der Waals surface area (Å²) >= 11 is 0. The van der Waals surface area contributed by atoms with E-state index in [2.05, 4.69) is 23.8 Å². The molecule has 0 bridgehead atoms. The topological polar surface area (TPSA) is 85.2 Å². The van der Waals surface area contributed by atoms with E-state index in [1.807, 2.05) is 48.5 Å². The van der Waals surface area contributed by atoms with Crippen LogP contribution in [-0.2, 0) is 0 Å². The van der Waals surface area contributed by atoms with Crippen LogP contribution in [0.15, 0.2) is 54.3 Å². The summed E-state index contributed by atoms with van der Waals surface area (Å²) in [6.07, 6.45) is 0. The van der Waals surface area contributed by atoms with Gasteiger partial charge in [-0.05, 0) is 30.2 Å². The van der Waals surface area contributed by atoms with Gasteiger partial charge in [0.1, 0.15) is 23.2 Å². The number of rotatable bonds is 5. The number of hydrogen-bond donors (Lipinski definition) is 3. The van der Waals surface area contributed by atoms with Crippen molar-refractivity contribution in [2.45, 2.75) is 13.8 Å². The second-order valence-electron chi connectivity index (χ2n) is 7.03. The van der Waals surface area contributed by atoms with Gasteiger partial charge in [0.15, 0.2) is 0 Å². The van der Waals surface area contributed by atoms with Crippen LogP contribution >= 0.6 is 0 Å². The highest BCUT2D eigenvalue weighted by Crippen LogP contribution is 2.35. The quantitative estimate of drug-likeness (QED) is 0.629. The molecule has 2 aromatic carbocycles. The fourth-order valence-electron chi connectivity index (χ4n) is 3.16. The summed E-state index contributed by atoms with van der Waals surface area (Å²) in [4.78, 5) is 9.47. The Hall–Kier alpha value is -3.28. The Morgan fingerprint density at radius 3 is 2.70 bits per heavy atom. The van der Waals surface area contributed by atoms with Crippen LogP contribution in [0.4, 0.5) is 5.69 Å². The van der Waals surface area contributed by atoms with E-state index in [0.29, 0.717) is 29.7 Å². The van der Waals surface area contributed by atoms with Crippen LogP contribution in [0.25, 0.3) is 16.6 Å². The van der Waals surface area contributed by atoms with Gasteiger partial charge < -0.3 is 19.7 Å². The molecule has 0 unspecified atom stereocenters. The summed E-state index contributed by atoms with van der Waals surface area (Å²) in [5.74, 6) is 1.93. The number of nitrogens with one attached hydrogen (secondary N) is 2. The lowest BCUT2D eigenvalue weighted by Crippen LogP contribution is -2.27. The van der Waals surface area contributed by atoms with Gasteiger partial charge in [-0.3, -0.25) is 5.41 Å². The second-order valence-corrected chi connectivity index (χ2v) is 7.03. The Morgan fingerprint density at radius 2 is 1.93 bits per heavy atom. The zero-order valence-electron chi connectivity index (χ0n) is 15.4. The minimum absolute atomic E-state index is 0.123. The van der Waals surface area contributed by atoms with Crippen molar-refractivity contribution in [2.24, 2.45) is 5.92 Å². The lowest BCUT2D eigenvalue weighted by molar-refractivity contribution is 0.272. The van der Waals surface area contributed by atoms with Gasteiger partial charge in [0.25, 0.3) is 0 Å². The molecule has 6 heteroatoms. The number of ether oxygens (including phenoxy) is 1. The maximum Gasteiger partial charge on any atom is 0.145 e. The number of anilines is 1. The fourth-order valence-corrected chi connectivity index (χ4v) is 3.16. The third-order valence-corrected chi connectivity index (χ3v) is 4.46. The van der Waals surface area contributed by atoms with Crippen molar-refractivity contribution < 1.29 is 9.84 Å². The number of imidazole rings is 1. The van der Waals surface area contributed by atoms with Crippen molar-refractivity contribution in [2.75, 3.05) is 18.1 Å². The van der Waals surface area contributed by atoms with Gasteiger partial charge in [-0.15, -0.1) is 0 Å². The molecule has 0 saturated carbocycles. The first-order chi connectivity index (χ1) is 13.0. The predicted molar refractivity (Wildman–Crippen MR) is 107 cm³/mol. The number of nitrogens with zero attached hydrogens (tertiary/aromatic N) is 2. The standard InChI is InChI=1S/C21H22N4O2/c1-13(2)12-27-18-10-6-5-9-16(18)25-11-17(26)19(20(25)22)21-23-14-7-3-4-8-15(14)24-21/h3-10,13,22,26H,11-12H2,1-2H3,(H,23,24). The number of aromatic amines is 1. The van der Waals surface area contributed by atoms with Crippen LogP contribution in [-0.4, -0.2) is 34.1 Å². The molecule has 138 valence electrons. The van der Waals surface area contributed by atoms with E-state index < -0.39 is 0 Å². The number of para-hydroxylation sites is 4. The van der Waals surface area contributed by atoms with Crippen LogP contribution in [0.2, 0.25) is 0 Å². The maximum absolute atomic E-state index is 10.6. The van der Waals surface area contributed by atoms with Crippen LogP contribution < -0.4 is 9.64 Å². The van der Waals surface area contributed by atoms with Crippen LogP contribution in [0.3, 0.4) is 0 Å². The first kappa shape index (κ1) is 17.1. The molecule has 0 fully saturated rings. The summed E-state index contributed by atoms with van der Waals surface area (Å²) in [7, 11) is 0. The van der Waals surface area contributed by atoms with Crippen LogP contribution in [0, 0.1) is 11.3 Å². The van der Waals surface area contributed by atoms with Gasteiger partial charge in [-0.1, -0.05) is 38.1 Å². The Labute approximate surface area is 157 Å². The van der Waals surface area contributed by atoms with E-state index in [4.69, 9.17) is 10.1 Å². The molecule has 0 saturated heterocycles. The maximum atomic E-state index is 10.6. The number of aliphatic hydroxyl groups is 1. The molecular weight excluding hydrogens is 340 g/mol. The predicted octanol–water partition coefficient (Wildman–Crippen LogP) is 4.36. The fraction of sp³-hybridized carbons (Fsp3) is 0.238. The molecule has 0 atom stereocenters. The lowest BCUT2D eigenvalue weighted by Gasteiger charge is -2.22. The van der Waals surface area contributed by atoms with Gasteiger partial charge in [-0.2, -0.15) is 0 Å². The Bertz CT molecular complexity index is 1000. The van der Waals surface area contributed by atoms with E-state index in [9.17, 15) is 5.11 Å². The van der Waals surface area contributed by atoms with Crippen molar-refractivity contribution in [3.8, 4) is 5.75 Å². The van der Waals surface area contributed by atoms with Crippen molar-refractivity contribution in [3.63, 3.8) is 0 Å². The smallest absolute Gasteiger partial charge is 0.145 e. The molecule has 3 N–H and O–H groups in total. The number of aromatic nitrogens is 2. The Balaban J connectivity index is 1.66. The average Bonchev–Trinajstić information content (AvgIpc) is 3.20. The minimum atomic E-state index is 0.123. The molecule has 3 aromatic rings. The van der Waals surface area contributed by atoms with Crippen molar-refractivity contribution in [3.05, 3.63) is 60.1 Å². The van der Waals surface area contributed by atoms with Gasteiger partial charge in [0, 0.05) is 0 Å². The number of fused-ring (bicyclic) bond motifs is 1. The molecule has 27 heavy (non-hydrogen) atoms. The lowest BCUT2D eigenvalue weighted by atomic mass is 10.2. The molecular formula is C21H22N4O2. The van der Waals surface area contributed by atoms with Crippen molar-refractivity contribution in [1.82, 2.24) is 9.97 Å². The number of amidine groups is 1. The molecule has 1 aliphatic heterocycles. The van der Waals surface area contributed by atoms with Gasteiger partial charge in [-0.25, -0.2) is 4.98 Å². The van der Waals surface area contributed by atoms with Gasteiger partial charge in [0.05, 0.1) is 35.4 Å². The molecule has 0 aliphatic carbocycles. The zero-order valence-corrected chi connectivity index (χ0v) is 15.4. The Morgan fingerprint density at radius 1 is 1.19 bits per heavy atom. The van der Waals surface area contributed by atoms with E-state index in [1.54, 1.807) is 4.90 Å². The van der Waals surface area contributed by atoms with Crippen LogP contribution in [0.5, 0.6) is 5.75 Å². The molecule has 1 aliphatic rings. The molecule has 2 heterocycles. The van der Waals surface area contributed by atoms with E-state index >= 15 is 0 Å². The average molecular weight is 362 g/mol. The highest BCUT2D eigenvalue weighted by atomic mass is 16.5. The summed E-state index contributed by atoms with van der Waals surface area (Å²) in [5.41, 5.74) is 2.87. The summed E-state index contributed by atoms with van der Waals surface area (Å²) < 4.78 is 5.92. The van der Waals surface area contributed by atoms with E-state index in [0.717, 1.165) is 16.7 Å². The van der Waals surface area contributed by atoms with Gasteiger partial charge >= 0.3 is 0 Å². The summed E-state index contributed by atoms with van der Waals surface area (Å²) in [6.45, 7) is 4.99. The molecule has 6 nitrogen and oxygen atoms in total. The van der Waals surface area contributed by atoms with E-state index in [-0.39, 0.29) is 18.1 Å². The van der Waals surface area contributed by atoms with Crippen molar-refractivity contribution >= 4 is 28.1 Å². The number of benzene rings is 2. The molecule has 0 radical (unpaired) electrons. The first-order valence-electron chi connectivity index (χ1n) is 9.00. The summed E-state index contributed by atoms with van der Waals surface area (Å²) in [5, 5.41) is 19.2. The molecule has 0 amide bonds. The monoisotopic (exact) mass is 362 g/mol. The number of aliphatic hydroxyl groups excluding tert-OH is 1. The highest BCUT2D eigenvalue weighted by molar-refractivity contribution is 6.30. The van der Waals surface area contributed by atoms with Crippen LogP contribution in [0.1, 0.15) is 19.7 Å². The first-order valence-corrected chi connectivity index (χ1v) is 9.00. The third-order valence-electron chi connectivity index (χ3n) is 4.46. The minimum Gasteiger partial charge on any atom is -0.509 e. The van der Waals surface area contributed by atoms with Gasteiger partial charge in [0.2, 0.25) is 0 Å². The molecule has 4 rings (SSSR count). The van der Waals surface area contributed by atoms with Crippen molar-refractivity contribution in [1.29, 1.82) is 5.41 Å².